The molecule has 1 unspecified atom stereocenters. The molecule has 2 aromatic rings. The molecule has 0 aliphatic carbocycles. The lowest BCUT2D eigenvalue weighted by molar-refractivity contribution is -0.116. The minimum atomic E-state index is -0.335. The van der Waals surface area contributed by atoms with Gasteiger partial charge in [0.05, 0.1) is 5.69 Å². The number of benzene rings is 2. The van der Waals surface area contributed by atoms with Crippen LogP contribution in [0.3, 0.4) is 0 Å². The SMILES string of the molecule is O=C1C(CNc2ccc(O)cc2)SC(=S)N1c1cccc(O)c1. The Labute approximate surface area is 142 Å². The van der Waals surface area contributed by atoms with Gasteiger partial charge in [0.15, 0.2) is 0 Å². The zero-order valence-corrected chi connectivity index (χ0v) is 13.6. The van der Waals surface area contributed by atoms with Crippen molar-refractivity contribution < 1.29 is 15.0 Å². The van der Waals surface area contributed by atoms with Crippen molar-refractivity contribution in [3.05, 3.63) is 48.5 Å². The van der Waals surface area contributed by atoms with Gasteiger partial charge in [-0.25, -0.2) is 0 Å². The third-order valence-electron chi connectivity index (χ3n) is 3.37. The molecule has 0 bridgehead atoms. The molecule has 2 aromatic carbocycles. The summed E-state index contributed by atoms with van der Waals surface area (Å²) < 4.78 is 0.470. The normalized spacial score (nSPS) is 17.6. The Hall–Kier alpha value is -2.25. The average Bonchev–Trinajstić information content (AvgIpc) is 2.81. The average molecular weight is 346 g/mol. The zero-order chi connectivity index (χ0) is 16.4. The van der Waals surface area contributed by atoms with Crippen molar-refractivity contribution in [3.63, 3.8) is 0 Å². The molecule has 1 aliphatic rings. The molecule has 0 aromatic heterocycles. The van der Waals surface area contributed by atoms with E-state index < -0.39 is 0 Å². The summed E-state index contributed by atoms with van der Waals surface area (Å²) in [5.41, 5.74) is 1.39. The Kier molecular flexibility index (Phi) is 4.40. The van der Waals surface area contributed by atoms with E-state index in [-0.39, 0.29) is 22.7 Å². The zero-order valence-electron chi connectivity index (χ0n) is 12.0. The first-order valence-electron chi connectivity index (χ1n) is 6.91. The summed E-state index contributed by atoms with van der Waals surface area (Å²) in [7, 11) is 0. The van der Waals surface area contributed by atoms with Crippen molar-refractivity contribution in [2.45, 2.75) is 5.25 Å². The van der Waals surface area contributed by atoms with E-state index in [0.717, 1.165) is 5.69 Å². The second kappa shape index (κ2) is 6.47. The Morgan fingerprint density at radius 3 is 2.57 bits per heavy atom. The fraction of sp³-hybridized carbons (Fsp3) is 0.125. The highest BCUT2D eigenvalue weighted by atomic mass is 32.2. The maximum atomic E-state index is 12.6. The number of carbonyl (C=O) groups excluding carboxylic acids is 1. The number of hydrogen-bond acceptors (Lipinski definition) is 6. The fourth-order valence-electron chi connectivity index (χ4n) is 2.24. The Bertz CT molecular complexity index is 749. The fourth-order valence-corrected chi connectivity index (χ4v) is 3.70. The van der Waals surface area contributed by atoms with E-state index in [2.05, 4.69) is 5.32 Å². The van der Waals surface area contributed by atoms with Crippen LogP contribution in [0.5, 0.6) is 11.5 Å². The molecule has 0 spiro atoms. The van der Waals surface area contributed by atoms with Crippen LogP contribution in [-0.2, 0) is 4.79 Å². The van der Waals surface area contributed by atoms with Crippen molar-refractivity contribution in [3.8, 4) is 11.5 Å². The number of carbonyl (C=O) groups is 1. The van der Waals surface area contributed by atoms with E-state index in [4.69, 9.17) is 12.2 Å². The quantitative estimate of drug-likeness (QED) is 0.584. The molecular weight excluding hydrogens is 332 g/mol. The van der Waals surface area contributed by atoms with Gasteiger partial charge in [-0.15, -0.1) is 0 Å². The lowest BCUT2D eigenvalue weighted by Gasteiger charge is -2.16. The monoisotopic (exact) mass is 346 g/mol. The molecule has 0 radical (unpaired) electrons. The Balaban J connectivity index is 1.70. The van der Waals surface area contributed by atoms with Crippen molar-refractivity contribution in [2.75, 3.05) is 16.8 Å². The number of thioether (sulfide) groups is 1. The van der Waals surface area contributed by atoms with Gasteiger partial charge in [0.1, 0.15) is 21.1 Å². The summed E-state index contributed by atoms with van der Waals surface area (Å²) in [5.74, 6) is 0.170. The van der Waals surface area contributed by atoms with E-state index in [1.807, 2.05) is 0 Å². The van der Waals surface area contributed by atoms with E-state index in [1.165, 1.54) is 22.7 Å². The second-order valence-electron chi connectivity index (χ2n) is 4.99. The van der Waals surface area contributed by atoms with Gasteiger partial charge in [0.25, 0.3) is 0 Å². The van der Waals surface area contributed by atoms with Crippen LogP contribution >= 0.6 is 24.0 Å². The van der Waals surface area contributed by atoms with Gasteiger partial charge >= 0.3 is 0 Å². The number of aromatic hydroxyl groups is 2. The number of nitrogens with zero attached hydrogens (tertiary/aromatic N) is 1. The molecular formula is C16H14N2O3S2. The van der Waals surface area contributed by atoms with Gasteiger partial charge in [-0.3, -0.25) is 9.69 Å². The van der Waals surface area contributed by atoms with Crippen molar-refractivity contribution in [2.24, 2.45) is 0 Å². The molecule has 3 rings (SSSR count). The van der Waals surface area contributed by atoms with Crippen LogP contribution in [0.25, 0.3) is 0 Å². The second-order valence-corrected chi connectivity index (χ2v) is 6.83. The first-order chi connectivity index (χ1) is 11.0. The van der Waals surface area contributed by atoms with Gasteiger partial charge < -0.3 is 15.5 Å². The molecule has 0 saturated carbocycles. The van der Waals surface area contributed by atoms with Crippen LogP contribution in [0, 0.1) is 0 Å². The number of amides is 1. The molecule has 23 heavy (non-hydrogen) atoms. The number of nitrogens with one attached hydrogen (secondary N) is 1. The lowest BCUT2D eigenvalue weighted by Crippen LogP contribution is -2.33. The third kappa shape index (κ3) is 3.40. The minimum Gasteiger partial charge on any atom is -0.508 e. The molecule has 1 amide bonds. The highest BCUT2D eigenvalue weighted by molar-refractivity contribution is 8.25. The summed E-state index contributed by atoms with van der Waals surface area (Å²) in [4.78, 5) is 14.0. The van der Waals surface area contributed by atoms with Crippen LogP contribution in [0.15, 0.2) is 48.5 Å². The smallest absolute Gasteiger partial charge is 0.247 e. The van der Waals surface area contributed by atoms with Crippen molar-refractivity contribution >= 4 is 45.6 Å². The first-order valence-corrected chi connectivity index (χ1v) is 8.20. The molecule has 5 nitrogen and oxygen atoms in total. The van der Waals surface area contributed by atoms with Crippen molar-refractivity contribution in [1.29, 1.82) is 0 Å². The lowest BCUT2D eigenvalue weighted by atomic mass is 10.2. The standard InChI is InChI=1S/C16H14N2O3S2/c19-12-6-4-10(5-7-12)17-9-14-15(21)18(16(22)23-14)11-2-1-3-13(20)8-11/h1-8,14,17,19-20H,9H2. The van der Waals surface area contributed by atoms with E-state index in [9.17, 15) is 15.0 Å². The van der Waals surface area contributed by atoms with Gasteiger partial charge in [-0.2, -0.15) is 0 Å². The van der Waals surface area contributed by atoms with Crippen LogP contribution in [0.2, 0.25) is 0 Å². The van der Waals surface area contributed by atoms with Crippen LogP contribution in [-0.4, -0.2) is 32.2 Å². The molecule has 1 atom stereocenters. The largest absolute Gasteiger partial charge is 0.508 e. The van der Waals surface area contributed by atoms with E-state index >= 15 is 0 Å². The number of phenolic OH excluding ortho intramolecular Hbond substituents is 2. The molecule has 118 valence electrons. The van der Waals surface area contributed by atoms with Gasteiger partial charge in [-0.1, -0.05) is 30.0 Å². The number of phenols is 2. The number of rotatable bonds is 4. The first kappa shape index (κ1) is 15.6. The highest BCUT2D eigenvalue weighted by Crippen LogP contribution is 2.33. The molecule has 7 heteroatoms. The van der Waals surface area contributed by atoms with Crippen LogP contribution < -0.4 is 10.2 Å². The van der Waals surface area contributed by atoms with Gasteiger partial charge in [0, 0.05) is 18.3 Å². The Morgan fingerprint density at radius 1 is 1.13 bits per heavy atom. The van der Waals surface area contributed by atoms with Crippen molar-refractivity contribution in [1.82, 2.24) is 0 Å². The van der Waals surface area contributed by atoms with Crippen LogP contribution in [0.4, 0.5) is 11.4 Å². The summed E-state index contributed by atoms with van der Waals surface area (Å²) >= 11 is 6.61. The molecule has 1 aliphatic heterocycles. The van der Waals surface area contributed by atoms with E-state index in [0.29, 0.717) is 16.6 Å². The summed E-state index contributed by atoms with van der Waals surface area (Å²) in [5, 5.41) is 21.7. The predicted molar refractivity (Wildman–Crippen MR) is 96.2 cm³/mol. The molecule has 1 heterocycles. The topological polar surface area (TPSA) is 72.8 Å². The third-order valence-corrected chi connectivity index (χ3v) is 4.88. The maximum absolute atomic E-state index is 12.6. The maximum Gasteiger partial charge on any atom is 0.247 e. The summed E-state index contributed by atoms with van der Waals surface area (Å²) in [6.45, 7) is 0.420. The van der Waals surface area contributed by atoms with E-state index in [1.54, 1.807) is 42.5 Å². The minimum absolute atomic E-state index is 0.0915. The van der Waals surface area contributed by atoms with Gasteiger partial charge in [-0.05, 0) is 36.4 Å². The summed E-state index contributed by atoms with van der Waals surface area (Å²) in [6, 6.07) is 13.1. The molecule has 1 saturated heterocycles. The number of hydrogen-bond donors (Lipinski definition) is 3. The van der Waals surface area contributed by atoms with Gasteiger partial charge in [0.2, 0.25) is 5.91 Å². The predicted octanol–water partition coefficient (Wildman–Crippen LogP) is 2.94. The number of anilines is 2. The van der Waals surface area contributed by atoms with Crippen LogP contribution in [0.1, 0.15) is 0 Å². The number of thiocarbonyl (C=S) groups is 1. The molecule has 1 fully saturated rings. The molecule has 3 N–H and O–H groups in total. The summed E-state index contributed by atoms with van der Waals surface area (Å²) in [6.07, 6.45) is 0. The highest BCUT2D eigenvalue weighted by Gasteiger charge is 2.37. The Morgan fingerprint density at radius 2 is 1.87 bits per heavy atom.